The first-order valence-corrected chi connectivity index (χ1v) is 8.10. The van der Waals surface area contributed by atoms with Gasteiger partial charge in [0.2, 0.25) is 0 Å². The lowest BCUT2D eigenvalue weighted by Crippen LogP contribution is -2.21. The van der Waals surface area contributed by atoms with Crippen molar-refractivity contribution >= 4 is 40.2 Å². The molecule has 0 fully saturated rings. The van der Waals surface area contributed by atoms with E-state index in [9.17, 15) is 23.1 Å². The molecule has 24 heavy (non-hydrogen) atoms. The van der Waals surface area contributed by atoms with E-state index in [1.165, 1.54) is 18.2 Å². The Labute approximate surface area is 144 Å². The molecule has 0 aliphatic rings. The highest BCUT2D eigenvalue weighted by Crippen LogP contribution is 2.37. The van der Waals surface area contributed by atoms with Gasteiger partial charge >= 0.3 is 5.97 Å². The van der Waals surface area contributed by atoms with Gasteiger partial charge in [-0.3, -0.25) is 8.51 Å². The van der Waals surface area contributed by atoms with Crippen LogP contribution in [0.3, 0.4) is 0 Å². The van der Waals surface area contributed by atoms with Crippen molar-refractivity contribution in [3.05, 3.63) is 52.8 Å². The molecule has 2 aromatic rings. The van der Waals surface area contributed by atoms with E-state index in [1.54, 1.807) is 6.92 Å². The molecule has 1 unspecified atom stereocenters. The lowest BCUT2D eigenvalue weighted by molar-refractivity contribution is 0.0526. The van der Waals surface area contributed by atoms with Crippen LogP contribution in [0.2, 0.25) is 5.02 Å². The van der Waals surface area contributed by atoms with Gasteiger partial charge in [0, 0.05) is 11.1 Å². The zero-order valence-electron chi connectivity index (χ0n) is 12.4. The molecule has 128 valence electrons. The van der Waals surface area contributed by atoms with Crippen molar-refractivity contribution in [2.45, 2.75) is 6.92 Å². The maximum Gasteiger partial charge on any atom is 0.338 e. The van der Waals surface area contributed by atoms with Crippen LogP contribution < -0.4 is 4.31 Å². The number of rotatable bonds is 5. The lowest BCUT2D eigenvalue weighted by Gasteiger charge is -2.27. The van der Waals surface area contributed by atoms with Crippen LogP contribution in [0.25, 0.3) is 0 Å². The molecule has 0 aliphatic heterocycles. The minimum absolute atomic E-state index is 0.0601. The molecular formula is C15H12ClFNO5S-. The van der Waals surface area contributed by atoms with Gasteiger partial charge in [-0.15, -0.1) is 0 Å². The molecule has 0 radical (unpaired) electrons. The highest BCUT2D eigenvalue weighted by molar-refractivity contribution is 7.81. The van der Waals surface area contributed by atoms with Gasteiger partial charge in [-0.1, -0.05) is 11.6 Å². The molecule has 0 heterocycles. The van der Waals surface area contributed by atoms with Gasteiger partial charge in [-0.2, -0.15) is 0 Å². The molecule has 1 atom stereocenters. The van der Waals surface area contributed by atoms with Crippen LogP contribution in [-0.2, 0) is 16.0 Å². The van der Waals surface area contributed by atoms with E-state index in [2.05, 4.69) is 0 Å². The molecule has 0 saturated carbocycles. The maximum absolute atomic E-state index is 14.3. The third-order valence-corrected chi connectivity index (χ3v) is 3.91. The fraction of sp³-hybridized carbons (Fsp3) is 0.133. The predicted molar refractivity (Wildman–Crippen MR) is 86.5 cm³/mol. The molecule has 1 N–H and O–H groups in total. The molecule has 0 aliphatic carbocycles. The summed E-state index contributed by atoms with van der Waals surface area (Å²) in [7, 11) is 0. The van der Waals surface area contributed by atoms with E-state index in [1.807, 2.05) is 0 Å². The largest absolute Gasteiger partial charge is 0.755 e. The van der Waals surface area contributed by atoms with Crippen LogP contribution in [0, 0.1) is 5.82 Å². The summed E-state index contributed by atoms with van der Waals surface area (Å²) >= 11 is 2.78. The zero-order chi connectivity index (χ0) is 17.9. The smallest absolute Gasteiger partial charge is 0.338 e. The molecular weight excluding hydrogens is 361 g/mol. The summed E-state index contributed by atoms with van der Waals surface area (Å²) in [5.41, 5.74) is -0.611. The summed E-state index contributed by atoms with van der Waals surface area (Å²) in [6, 6.07) is 6.89. The minimum atomic E-state index is -2.93. The van der Waals surface area contributed by atoms with Crippen molar-refractivity contribution in [2.24, 2.45) is 0 Å². The van der Waals surface area contributed by atoms with E-state index in [0.717, 1.165) is 18.2 Å². The Morgan fingerprint density at radius 1 is 1.33 bits per heavy atom. The minimum Gasteiger partial charge on any atom is -0.755 e. The number of carbonyl (C=O) groups excluding carboxylic acids is 1. The second-order valence-corrected chi connectivity index (χ2v) is 5.77. The second-order valence-electron chi connectivity index (χ2n) is 4.53. The maximum atomic E-state index is 14.3. The number of aromatic hydroxyl groups is 1. The number of esters is 1. The third kappa shape index (κ3) is 3.84. The summed E-state index contributed by atoms with van der Waals surface area (Å²) in [4.78, 5) is 11.6. The van der Waals surface area contributed by atoms with Crippen molar-refractivity contribution in [3.63, 3.8) is 0 Å². The van der Waals surface area contributed by atoms with E-state index in [4.69, 9.17) is 16.3 Å². The number of hydrogen-bond acceptors (Lipinski definition) is 5. The van der Waals surface area contributed by atoms with E-state index >= 15 is 0 Å². The SMILES string of the molecule is CCOC(=O)c1ccc(N(c2ccc(Cl)cc2O)S(=O)[O-])c(F)c1. The summed E-state index contributed by atoms with van der Waals surface area (Å²) in [5.74, 6) is -2.15. The number of carbonyl (C=O) groups is 1. The van der Waals surface area contributed by atoms with Gasteiger partial charge in [0.25, 0.3) is 0 Å². The Hall–Kier alpha value is -2.16. The van der Waals surface area contributed by atoms with Crippen LogP contribution in [0.15, 0.2) is 36.4 Å². The molecule has 0 aromatic heterocycles. The predicted octanol–water partition coefficient (Wildman–Crippen LogP) is 3.29. The van der Waals surface area contributed by atoms with Gasteiger partial charge in [0.1, 0.15) is 11.6 Å². The number of ether oxygens (including phenoxy) is 1. The molecule has 6 nitrogen and oxygen atoms in total. The average molecular weight is 373 g/mol. The molecule has 0 saturated heterocycles. The van der Waals surface area contributed by atoms with Gasteiger partial charge in [0.05, 0.1) is 34.8 Å². The van der Waals surface area contributed by atoms with Crippen molar-refractivity contribution in [1.82, 2.24) is 0 Å². The van der Waals surface area contributed by atoms with Crippen LogP contribution in [0.5, 0.6) is 5.75 Å². The monoisotopic (exact) mass is 372 g/mol. The van der Waals surface area contributed by atoms with Crippen molar-refractivity contribution < 1.29 is 27.8 Å². The Morgan fingerprint density at radius 2 is 2.00 bits per heavy atom. The fourth-order valence-electron chi connectivity index (χ4n) is 1.97. The first kappa shape index (κ1) is 18.2. The Bertz CT molecular complexity index is 801. The quantitative estimate of drug-likeness (QED) is 0.642. The molecule has 0 bridgehead atoms. The van der Waals surface area contributed by atoms with Crippen LogP contribution >= 0.6 is 11.6 Å². The number of nitrogens with zero attached hydrogens (tertiary/aromatic N) is 1. The molecule has 9 heteroatoms. The number of benzene rings is 2. The Morgan fingerprint density at radius 3 is 2.54 bits per heavy atom. The topological polar surface area (TPSA) is 89.9 Å². The van der Waals surface area contributed by atoms with Crippen LogP contribution in [-0.4, -0.2) is 26.4 Å². The average Bonchev–Trinajstić information content (AvgIpc) is 2.51. The van der Waals surface area contributed by atoms with Gasteiger partial charge in [0.15, 0.2) is 0 Å². The normalized spacial score (nSPS) is 11.8. The molecule has 0 spiro atoms. The van der Waals surface area contributed by atoms with Gasteiger partial charge < -0.3 is 14.4 Å². The van der Waals surface area contributed by atoms with Crippen molar-refractivity contribution in [3.8, 4) is 5.75 Å². The van der Waals surface area contributed by atoms with E-state index < -0.39 is 28.8 Å². The van der Waals surface area contributed by atoms with Gasteiger partial charge in [-0.25, -0.2) is 9.18 Å². The number of halogens is 2. The number of phenolic OH excluding ortho intramolecular Hbond substituents is 1. The first-order chi connectivity index (χ1) is 11.3. The molecule has 0 amide bonds. The third-order valence-electron chi connectivity index (χ3n) is 2.98. The zero-order valence-corrected chi connectivity index (χ0v) is 13.9. The summed E-state index contributed by atoms with van der Waals surface area (Å²) in [6.45, 7) is 1.73. The summed E-state index contributed by atoms with van der Waals surface area (Å²) in [6.07, 6.45) is 0. The van der Waals surface area contributed by atoms with Crippen LogP contribution in [0.4, 0.5) is 15.8 Å². The summed E-state index contributed by atoms with van der Waals surface area (Å²) in [5, 5.41) is 10.1. The molecule has 2 rings (SSSR count). The van der Waals surface area contributed by atoms with Crippen molar-refractivity contribution in [1.29, 1.82) is 0 Å². The summed E-state index contributed by atoms with van der Waals surface area (Å²) < 4.78 is 42.7. The number of phenols is 1. The Balaban J connectivity index is 2.49. The first-order valence-electron chi connectivity index (χ1n) is 6.69. The highest BCUT2D eigenvalue weighted by atomic mass is 35.5. The van der Waals surface area contributed by atoms with Crippen molar-refractivity contribution in [2.75, 3.05) is 10.9 Å². The number of hydrogen-bond donors (Lipinski definition) is 1. The van der Waals surface area contributed by atoms with Crippen LogP contribution in [0.1, 0.15) is 17.3 Å². The lowest BCUT2D eigenvalue weighted by atomic mass is 10.2. The van der Waals surface area contributed by atoms with Gasteiger partial charge in [-0.05, 0) is 37.3 Å². The Kier molecular flexibility index (Phi) is 5.76. The van der Waals surface area contributed by atoms with E-state index in [-0.39, 0.29) is 28.6 Å². The second kappa shape index (κ2) is 7.61. The fourth-order valence-corrected chi connectivity index (χ4v) is 2.76. The highest BCUT2D eigenvalue weighted by Gasteiger charge is 2.20. The number of anilines is 2. The van der Waals surface area contributed by atoms with E-state index in [0.29, 0.717) is 4.31 Å². The molecule has 2 aromatic carbocycles. The standard InChI is InChI=1S/C15H13ClFNO5S/c1-2-23-15(20)9-3-5-12(11(17)7-9)18(24(21)22)13-6-4-10(16)8-14(13)19/h3-8,19H,2H2,1H3,(H,21,22)/p-1.